The van der Waals surface area contributed by atoms with Crippen molar-refractivity contribution < 1.29 is 9.59 Å². The third-order valence-corrected chi connectivity index (χ3v) is 7.36. The number of anilines is 1. The number of carbonyl (C=O) groups is 2. The van der Waals surface area contributed by atoms with Crippen LogP contribution >= 0.6 is 11.8 Å². The van der Waals surface area contributed by atoms with Crippen LogP contribution in [0, 0.1) is 0 Å². The summed E-state index contributed by atoms with van der Waals surface area (Å²) >= 11 is 1.46. The van der Waals surface area contributed by atoms with Gasteiger partial charge in [-0.15, -0.1) is 0 Å². The number of unbranched alkanes of at least 4 members (excludes halogenated alkanes) is 1. The molecule has 0 unspecified atom stereocenters. The van der Waals surface area contributed by atoms with E-state index in [2.05, 4.69) is 41.4 Å². The van der Waals surface area contributed by atoms with E-state index in [1.54, 1.807) is 4.90 Å². The lowest BCUT2D eigenvalue weighted by molar-refractivity contribution is -0.122. The van der Waals surface area contributed by atoms with Crippen LogP contribution in [0.15, 0.2) is 94.7 Å². The van der Waals surface area contributed by atoms with Crippen molar-refractivity contribution in [1.82, 2.24) is 10.2 Å². The van der Waals surface area contributed by atoms with Crippen LogP contribution < -0.4 is 10.2 Å². The highest BCUT2D eigenvalue weighted by molar-refractivity contribution is 8.04. The number of fused-ring (bicyclic) bond motifs is 1. The normalized spacial score (nSPS) is 14.2. The van der Waals surface area contributed by atoms with E-state index >= 15 is 0 Å². The van der Waals surface area contributed by atoms with Crippen LogP contribution in [0.3, 0.4) is 0 Å². The molecule has 0 bridgehead atoms. The minimum Gasteiger partial charge on any atom is -0.355 e. The number of rotatable bonds is 12. The van der Waals surface area contributed by atoms with Gasteiger partial charge in [-0.25, -0.2) is 0 Å². The fraction of sp³-hybridized carbons (Fsp3) is 0.290. The monoisotopic (exact) mass is 513 g/mol. The first-order valence-electron chi connectivity index (χ1n) is 13.0. The summed E-state index contributed by atoms with van der Waals surface area (Å²) in [4.78, 5) is 31.9. The van der Waals surface area contributed by atoms with Gasteiger partial charge < -0.3 is 5.32 Å². The Kier molecular flexibility index (Phi) is 9.97. The summed E-state index contributed by atoms with van der Waals surface area (Å²) in [6.45, 7) is 5.68. The van der Waals surface area contributed by atoms with Gasteiger partial charge in [0.1, 0.15) is 6.54 Å². The Balaban J connectivity index is 1.34. The lowest BCUT2D eigenvalue weighted by Crippen LogP contribution is -2.43. The fourth-order valence-electron chi connectivity index (χ4n) is 4.34. The average Bonchev–Trinajstić information content (AvgIpc) is 2.93. The second-order valence-corrected chi connectivity index (χ2v) is 10.3. The van der Waals surface area contributed by atoms with Gasteiger partial charge in [0.15, 0.2) is 0 Å². The van der Waals surface area contributed by atoms with Crippen LogP contribution in [-0.4, -0.2) is 42.9 Å². The van der Waals surface area contributed by atoms with Crippen LogP contribution in [0.5, 0.6) is 0 Å². The molecule has 6 heteroatoms. The molecule has 0 aromatic heterocycles. The first-order chi connectivity index (χ1) is 18.1. The van der Waals surface area contributed by atoms with E-state index in [4.69, 9.17) is 0 Å². The molecule has 3 aromatic carbocycles. The van der Waals surface area contributed by atoms with Crippen molar-refractivity contribution in [3.05, 3.63) is 101 Å². The first-order valence-corrected chi connectivity index (χ1v) is 13.8. The van der Waals surface area contributed by atoms with E-state index in [0.29, 0.717) is 11.4 Å². The lowest BCUT2D eigenvalue weighted by atomic mass is 10.2. The van der Waals surface area contributed by atoms with Gasteiger partial charge >= 0.3 is 0 Å². The standard InChI is InChI=1S/C31H35N3O2S/c1-2-3-20-33(23-26-15-8-5-9-16-26)21-12-19-32-30(35)24-34-27-17-10-11-18-28(27)37-29(31(34)36)22-25-13-6-4-7-14-25/h4-11,13-18,22H,2-3,12,19-21,23-24H2,1H3,(H,32,35)/b29-22-. The Morgan fingerprint density at radius 2 is 1.59 bits per heavy atom. The predicted molar refractivity (Wildman–Crippen MR) is 153 cm³/mol. The molecule has 1 aliphatic rings. The molecular weight excluding hydrogens is 478 g/mol. The highest BCUT2D eigenvalue weighted by Gasteiger charge is 2.30. The molecule has 5 nitrogen and oxygen atoms in total. The maximum absolute atomic E-state index is 13.4. The lowest BCUT2D eigenvalue weighted by Gasteiger charge is -2.30. The summed E-state index contributed by atoms with van der Waals surface area (Å²) in [5.74, 6) is -0.284. The van der Waals surface area contributed by atoms with E-state index in [1.165, 1.54) is 17.3 Å². The molecule has 3 aromatic rings. The second kappa shape index (κ2) is 13.8. The summed E-state index contributed by atoms with van der Waals surface area (Å²) in [5.41, 5.74) is 3.05. The third kappa shape index (κ3) is 7.81. The Morgan fingerprint density at radius 3 is 2.35 bits per heavy atom. The number of thioether (sulfide) groups is 1. The van der Waals surface area contributed by atoms with Crippen molar-refractivity contribution in [2.45, 2.75) is 37.6 Å². The molecule has 4 rings (SSSR count). The van der Waals surface area contributed by atoms with Crippen molar-refractivity contribution in [1.29, 1.82) is 0 Å². The minimum absolute atomic E-state index is 0.00605. The zero-order valence-corrected chi connectivity index (χ0v) is 22.3. The Hall–Kier alpha value is -3.35. The van der Waals surface area contributed by atoms with Crippen LogP contribution in [0.1, 0.15) is 37.3 Å². The van der Waals surface area contributed by atoms with E-state index in [-0.39, 0.29) is 18.4 Å². The zero-order chi connectivity index (χ0) is 25.9. The number of carbonyl (C=O) groups excluding carboxylic acids is 2. The van der Waals surface area contributed by atoms with Crippen LogP contribution in [0.2, 0.25) is 0 Å². The topological polar surface area (TPSA) is 52.7 Å². The smallest absolute Gasteiger partial charge is 0.265 e. The molecule has 0 spiro atoms. The summed E-state index contributed by atoms with van der Waals surface area (Å²) in [7, 11) is 0. The minimum atomic E-state index is -0.142. The van der Waals surface area contributed by atoms with Gasteiger partial charge in [0.05, 0.1) is 10.6 Å². The van der Waals surface area contributed by atoms with Crippen molar-refractivity contribution in [2.24, 2.45) is 0 Å². The number of nitrogens with one attached hydrogen (secondary N) is 1. The molecule has 2 amide bonds. The van der Waals surface area contributed by atoms with Crippen molar-refractivity contribution in [2.75, 3.05) is 31.1 Å². The Bertz CT molecular complexity index is 1200. The Labute approximate surface area is 224 Å². The van der Waals surface area contributed by atoms with E-state index in [1.807, 2.05) is 66.7 Å². The number of hydrogen-bond donors (Lipinski definition) is 1. The van der Waals surface area contributed by atoms with Gasteiger partial charge in [-0.1, -0.05) is 97.9 Å². The first kappa shape index (κ1) is 26.7. The molecule has 0 radical (unpaired) electrons. The van der Waals surface area contributed by atoms with Gasteiger partial charge in [0.2, 0.25) is 5.91 Å². The molecule has 0 aliphatic carbocycles. The molecule has 0 fully saturated rings. The molecule has 0 atom stereocenters. The predicted octanol–water partition coefficient (Wildman–Crippen LogP) is 5.98. The average molecular weight is 514 g/mol. The molecule has 1 N–H and O–H groups in total. The van der Waals surface area contributed by atoms with Gasteiger partial charge in [-0.2, -0.15) is 0 Å². The van der Waals surface area contributed by atoms with Gasteiger partial charge in [-0.05, 0) is 48.7 Å². The molecule has 192 valence electrons. The molecular formula is C31H35N3O2S. The SMILES string of the molecule is CCCCN(CCCNC(=O)CN1C(=O)/C(=C/c2ccccc2)Sc2ccccc21)Cc1ccccc1. The fourth-order valence-corrected chi connectivity index (χ4v) is 5.40. The summed E-state index contributed by atoms with van der Waals surface area (Å²) in [6.07, 6.45) is 5.08. The van der Waals surface area contributed by atoms with Crippen LogP contribution in [0.25, 0.3) is 6.08 Å². The molecule has 0 saturated carbocycles. The number of para-hydroxylation sites is 1. The summed E-state index contributed by atoms with van der Waals surface area (Å²) < 4.78 is 0. The van der Waals surface area contributed by atoms with Gasteiger partial charge in [0, 0.05) is 24.5 Å². The van der Waals surface area contributed by atoms with Gasteiger partial charge in [-0.3, -0.25) is 19.4 Å². The molecule has 37 heavy (non-hydrogen) atoms. The Morgan fingerprint density at radius 1 is 0.919 bits per heavy atom. The maximum Gasteiger partial charge on any atom is 0.265 e. The second-order valence-electron chi connectivity index (χ2n) is 9.20. The summed E-state index contributed by atoms with van der Waals surface area (Å²) in [6, 6.07) is 28.1. The van der Waals surface area contributed by atoms with E-state index in [9.17, 15) is 9.59 Å². The largest absolute Gasteiger partial charge is 0.355 e. The van der Waals surface area contributed by atoms with E-state index < -0.39 is 0 Å². The highest BCUT2D eigenvalue weighted by atomic mass is 32.2. The zero-order valence-electron chi connectivity index (χ0n) is 21.4. The molecule has 1 heterocycles. The maximum atomic E-state index is 13.4. The number of nitrogens with zero attached hydrogens (tertiary/aromatic N) is 2. The molecule has 0 saturated heterocycles. The third-order valence-electron chi connectivity index (χ3n) is 6.28. The quantitative estimate of drug-likeness (QED) is 0.239. The van der Waals surface area contributed by atoms with Crippen LogP contribution in [-0.2, 0) is 16.1 Å². The number of amides is 2. The van der Waals surface area contributed by atoms with Crippen molar-refractivity contribution in [3.63, 3.8) is 0 Å². The van der Waals surface area contributed by atoms with E-state index in [0.717, 1.165) is 55.0 Å². The number of benzene rings is 3. The van der Waals surface area contributed by atoms with Gasteiger partial charge in [0.25, 0.3) is 5.91 Å². The molecule has 1 aliphatic heterocycles. The van der Waals surface area contributed by atoms with Crippen molar-refractivity contribution in [3.8, 4) is 0 Å². The number of hydrogen-bond acceptors (Lipinski definition) is 4. The van der Waals surface area contributed by atoms with Crippen molar-refractivity contribution >= 4 is 35.3 Å². The highest BCUT2D eigenvalue weighted by Crippen LogP contribution is 2.41. The summed E-state index contributed by atoms with van der Waals surface area (Å²) in [5, 5.41) is 3.04. The van der Waals surface area contributed by atoms with Crippen LogP contribution in [0.4, 0.5) is 5.69 Å².